The number of hydrogen-bond donors (Lipinski definition) is 2. The Morgan fingerprint density at radius 3 is 2.71 bits per heavy atom. The van der Waals surface area contributed by atoms with E-state index in [0.29, 0.717) is 16.2 Å². The highest BCUT2D eigenvalue weighted by Gasteiger charge is 2.56. The van der Waals surface area contributed by atoms with E-state index in [1.54, 1.807) is 6.20 Å². The minimum absolute atomic E-state index is 0.156. The van der Waals surface area contributed by atoms with Gasteiger partial charge in [0.05, 0.1) is 16.9 Å². The molecule has 1 saturated carbocycles. The topological polar surface area (TPSA) is 96.0 Å². The Balaban J connectivity index is 1.06. The minimum atomic E-state index is -0.345. The monoisotopic (exact) mass is 488 g/mol. The van der Waals surface area contributed by atoms with Crippen molar-refractivity contribution in [1.29, 1.82) is 0 Å². The van der Waals surface area contributed by atoms with Crippen molar-refractivity contribution < 1.29 is 9.53 Å². The van der Waals surface area contributed by atoms with E-state index in [0.717, 1.165) is 55.0 Å². The molecule has 1 saturated heterocycles. The second-order valence-electron chi connectivity index (χ2n) is 9.29. The number of hydrogen-bond acceptors (Lipinski definition) is 6. The first-order valence-electron chi connectivity index (χ1n) is 11.8. The molecule has 1 aliphatic heterocycles. The lowest BCUT2D eigenvalue weighted by molar-refractivity contribution is 0.137. The van der Waals surface area contributed by atoms with Crippen LogP contribution in [0.15, 0.2) is 60.8 Å². The Morgan fingerprint density at radius 2 is 1.91 bits per heavy atom. The predicted molar refractivity (Wildman–Crippen MR) is 134 cm³/mol. The van der Waals surface area contributed by atoms with Crippen molar-refractivity contribution in [2.45, 2.75) is 31.9 Å². The smallest absolute Gasteiger partial charge is 0.407 e. The lowest BCUT2D eigenvalue weighted by Crippen LogP contribution is -2.39. The summed E-state index contributed by atoms with van der Waals surface area (Å²) < 4.78 is 5.39. The van der Waals surface area contributed by atoms with Gasteiger partial charge < -0.3 is 15.0 Å². The number of alkyl carbamates (subject to hydrolysis) is 1. The molecule has 1 atom stereocenters. The number of ether oxygens (including phenoxy) is 1. The molecule has 2 aromatic carbocycles. The number of rotatable bonds is 5. The summed E-state index contributed by atoms with van der Waals surface area (Å²) in [5.41, 5.74) is 4.04. The van der Waals surface area contributed by atoms with E-state index in [1.165, 1.54) is 0 Å². The van der Waals surface area contributed by atoms with E-state index >= 15 is 0 Å². The van der Waals surface area contributed by atoms with E-state index in [1.807, 2.05) is 54.6 Å². The Labute approximate surface area is 207 Å². The Morgan fingerprint density at radius 1 is 1.14 bits per heavy atom. The first-order chi connectivity index (χ1) is 17.1. The highest BCUT2D eigenvalue weighted by molar-refractivity contribution is 6.33. The summed E-state index contributed by atoms with van der Waals surface area (Å²) in [6.07, 6.45) is 4.43. The number of carbonyl (C=O) groups is 1. The molecule has 1 aliphatic carbocycles. The lowest BCUT2D eigenvalue weighted by atomic mass is 9.92. The van der Waals surface area contributed by atoms with Crippen molar-refractivity contribution >= 4 is 34.7 Å². The van der Waals surface area contributed by atoms with Crippen molar-refractivity contribution in [1.82, 2.24) is 25.5 Å². The first kappa shape index (κ1) is 21.9. The average molecular weight is 489 g/mol. The summed E-state index contributed by atoms with van der Waals surface area (Å²) in [6, 6.07) is 17.5. The number of piperidine rings is 1. The summed E-state index contributed by atoms with van der Waals surface area (Å²) in [5.74, 6) is 0.817. The fourth-order valence-corrected chi connectivity index (χ4v) is 5.21. The number of amides is 1. The number of nitrogens with zero attached hydrogens (tertiary/aromatic N) is 4. The molecule has 9 heteroatoms. The van der Waals surface area contributed by atoms with Gasteiger partial charge in [0.2, 0.25) is 5.65 Å². The van der Waals surface area contributed by atoms with E-state index in [9.17, 15) is 4.79 Å². The van der Waals surface area contributed by atoms with E-state index < -0.39 is 0 Å². The van der Waals surface area contributed by atoms with Gasteiger partial charge in [0.1, 0.15) is 17.9 Å². The van der Waals surface area contributed by atoms with Gasteiger partial charge in [-0.1, -0.05) is 60.1 Å². The quantitative estimate of drug-likeness (QED) is 0.412. The largest absolute Gasteiger partial charge is 0.445 e. The molecule has 6 rings (SSSR count). The van der Waals surface area contributed by atoms with Crippen LogP contribution in [0.2, 0.25) is 5.02 Å². The van der Waals surface area contributed by atoms with Crippen LogP contribution in [0.25, 0.3) is 22.4 Å². The number of aromatic amines is 1. The van der Waals surface area contributed by atoms with Gasteiger partial charge in [0.25, 0.3) is 0 Å². The number of benzene rings is 2. The molecule has 2 N–H and O–H groups in total. The molecule has 2 aliphatic rings. The van der Waals surface area contributed by atoms with Crippen molar-refractivity contribution in [3.8, 4) is 11.3 Å². The van der Waals surface area contributed by atoms with Crippen LogP contribution in [-0.4, -0.2) is 45.4 Å². The van der Waals surface area contributed by atoms with Gasteiger partial charge in [0.15, 0.2) is 0 Å². The third-order valence-corrected chi connectivity index (χ3v) is 7.50. The Kier molecular flexibility index (Phi) is 5.53. The number of nitrogens with one attached hydrogen (secondary N) is 2. The summed E-state index contributed by atoms with van der Waals surface area (Å²) in [6.45, 7) is 2.01. The summed E-state index contributed by atoms with van der Waals surface area (Å²) in [7, 11) is 0. The maximum atomic E-state index is 12.2. The second-order valence-corrected chi connectivity index (χ2v) is 9.70. The predicted octanol–water partition coefficient (Wildman–Crippen LogP) is 4.96. The molecule has 1 amide bonds. The molecule has 0 radical (unpaired) electrons. The zero-order valence-corrected chi connectivity index (χ0v) is 19.8. The van der Waals surface area contributed by atoms with Crippen molar-refractivity contribution in [2.24, 2.45) is 5.41 Å². The molecule has 4 aromatic rings. The Hall–Kier alpha value is -3.65. The average Bonchev–Trinajstić information content (AvgIpc) is 3.35. The minimum Gasteiger partial charge on any atom is -0.445 e. The van der Waals surface area contributed by atoms with Crippen LogP contribution in [0, 0.1) is 5.41 Å². The van der Waals surface area contributed by atoms with Crippen LogP contribution < -0.4 is 10.2 Å². The van der Waals surface area contributed by atoms with Gasteiger partial charge in [-0.15, -0.1) is 0 Å². The molecule has 3 heterocycles. The van der Waals surface area contributed by atoms with E-state index in [4.69, 9.17) is 21.3 Å². The molecule has 35 heavy (non-hydrogen) atoms. The number of H-pyrrole nitrogens is 1. The van der Waals surface area contributed by atoms with Gasteiger partial charge in [-0.05, 0) is 36.3 Å². The Bertz CT molecular complexity index is 1370. The molecular formula is C26H25ClN6O2. The van der Waals surface area contributed by atoms with Crippen LogP contribution in [0.4, 0.5) is 10.6 Å². The lowest BCUT2D eigenvalue weighted by Gasteiger charge is -2.33. The standard InChI is InChI=1S/C26H25ClN6O2/c27-19-9-5-4-8-18(19)22-23-24(32-31-22)30-21(15-28-23)33-12-10-26(11-13-33)14-20(26)29-25(34)35-16-17-6-2-1-3-7-17/h1-9,15,20H,10-14,16H2,(H,29,34)(H,30,31,32). The number of aromatic nitrogens is 4. The normalized spacial score (nSPS) is 18.5. The zero-order chi connectivity index (χ0) is 23.8. The van der Waals surface area contributed by atoms with Crippen LogP contribution in [0.1, 0.15) is 24.8 Å². The summed E-state index contributed by atoms with van der Waals surface area (Å²) >= 11 is 6.35. The van der Waals surface area contributed by atoms with E-state index in [2.05, 4.69) is 25.4 Å². The molecule has 8 nitrogen and oxygen atoms in total. The number of anilines is 1. The summed E-state index contributed by atoms with van der Waals surface area (Å²) in [4.78, 5) is 23.9. The summed E-state index contributed by atoms with van der Waals surface area (Å²) in [5, 5.41) is 11.1. The zero-order valence-electron chi connectivity index (χ0n) is 19.1. The van der Waals surface area contributed by atoms with Gasteiger partial charge in [-0.2, -0.15) is 5.10 Å². The molecule has 1 spiro atoms. The molecule has 0 bridgehead atoms. The highest BCUT2D eigenvalue weighted by Crippen LogP contribution is 2.54. The van der Waals surface area contributed by atoms with Gasteiger partial charge in [-0.25, -0.2) is 14.8 Å². The van der Waals surface area contributed by atoms with Gasteiger partial charge in [0, 0.05) is 24.7 Å². The van der Waals surface area contributed by atoms with Crippen molar-refractivity contribution in [3.05, 3.63) is 71.4 Å². The van der Waals surface area contributed by atoms with Crippen LogP contribution in [0.5, 0.6) is 0 Å². The van der Waals surface area contributed by atoms with Gasteiger partial charge in [-0.3, -0.25) is 5.10 Å². The fourth-order valence-electron chi connectivity index (χ4n) is 4.98. The van der Waals surface area contributed by atoms with Crippen molar-refractivity contribution in [2.75, 3.05) is 18.0 Å². The third-order valence-electron chi connectivity index (χ3n) is 7.17. The fraction of sp³-hybridized carbons (Fsp3) is 0.308. The van der Waals surface area contributed by atoms with Gasteiger partial charge >= 0.3 is 6.09 Å². The molecule has 2 aromatic heterocycles. The second kappa shape index (κ2) is 8.85. The number of fused-ring (bicyclic) bond motifs is 1. The van der Waals surface area contributed by atoms with Crippen LogP contribution in [0.3, 0.4) is 0 Å². The van der Waals surface area contributed by atoms with Crippen molar-refractivity contribution in [3.63, 3.8) is 0 Å². The SMILES string of the molecule is O=C(NC1CC12CCN(c1cnc3c(-c4ccccc4Cl)[nH]nc3n1)CC2)OCc1ccccc1. The van der Waals surface area contributed by atoms with E-state index in [-0.39, 0.29) is 24.2 Å². The molecular weight excluding hydrogens is 464 g/mol. The maximum absolute atomic E-state index is 12.2. The first-order valence-corrected chi connectivity index (χ1v) is 12.2. The van der Waals surface area contributed by atoms with Crippen LogP contribution in [-0.2, 0) is 11.3 Å². The van der Waals surface area contributed by atoms with Crippen LogP contribution >= 0.6 is 11.6 Å². The maximum Gasteiger partial charge on any atom is 0.407 e. The number of carbonyl (C=O) groups excluding carboxylic acids is 1. The number of halogens is 1. The molecule has 1 unspecified atom stereocenters. The highest BCUT2D eigenvalue weighted by atomic mass is 35.5. The third kappa shape index (κ3) is 4.30. The molecule has 2 fully saturated rings. The molecule has 178 valence electrons.